The number of hydrogen-bond acceptors (Lipinski definition) is 1. The molecule has 19 heavy (non-hydrogen) atoms. The molecule has 1 heteroatoms. The van der Waals surface area contributed by atoms with Gasteiger partial charge in [0.2, 0.25) is 0 Å². The van der Waals surface area contributed by atoms with E-state index in [1.54, 1.807) is 0 Å². The van der Waals surface area contributed by atoms with Crippen molar-refractivity contribution in [2.75, 3.05) is 0 Å². The van der Waals surface area contributed by atoms with Crippen molar-refractivity contribution in [3.05, 3.63) is 70.3 Å². The minimum atomic E-state index is 0.375. The van der Waals surface area contributed by atoms with Gasteiger partial charge in [0.15, 0.2) is 0 Å². The molecule has 1 N–H and O–H groups in total. The molecule has 0 bridgehead atoms. The minimum Gasteiger partial charge on any atom is -0.306 e. The summed E-state index contributed by atoms with van der Waals surface area (Å²) in [6, 6.07) is 15.6. The fraction of sp³-hybridized carbons (Fsp3) is 0.333. The molecule has 1 atom stereocenters. The Kier molecular flexibility index (Phi) is 4.39. The van der Waals surface area contributed by atoms with Gasteiger partial charge in [0.25, 0.3) is 0 Å². The molecule has 0 aliphatic carbocycles. The Hall–Kier alpha value is -1.60. The van der Waals surface area contributed by atoms with Crippen molar-refractivity contribution >= 4 is 0 Å². The lowest BCUT2D eigenvalue weighted by molar-refractivity contribution is 0.572. The van der Waals surface area contributed by atoms with Crippen LogP contribution in [0.5, 0.6) is 0 Å². The molecule has 2 rings (SSSR count). The van der Waals surface area contributed by atoms with Crippen LogP contribution in [0.25, 0.3) is 0 Å². The third-order valence-electron chi connectivity index (χ3n) is 3.81. The van der Waals surface area contributed by atoms with Crippen LogP contribution in [0.4, 0.5) is 0 Å². The van der Waals surface area contributed by atoms with Crippen LogP contribution in [0.2, 0.25) is 0 Å². The highest BCUT2D eigenvalue weighted by atomic mass is 14.9. The molecule has 0 aliphatic rings. The number of hydrogen-bond donors (Lipinski definition) is 1. The van der Waals surface area contributed by atoms with Crippen LogP contribution < -0.4 is 5.32 Å². The Bertz CT molecular complexity index is 520. The summed E-state index contributed by atoms with van der Waals surface area (Å²) in [5.74, 6) is 0. The van der Waals surface area contributed by atoms with E-state index in [2.05, 4.69) is 75.5 Å². The predicted molar refractivity (Wildman–Crippen MR) is 82.3 cm³/mol. The van der Waals surface area contributed by atoms with Crippen LogP contribution in [-0.4, -0.2) is 0 Å². The summed E-state index contributed by atoms with van der Waals surface area (Å²) in [7, 11) is 0. The lowest BCUT2D eigenvalue weighted by Gasteiger charge is -2.17. The third kappa shape index (κ3) is 3.45. The van der Waals surface area contributed by atoms with Gasteiger partial charge in [0.05, 0.1) is 0 Å². The van der Waals surface area contributed by atoms with Gasteiger partial charge in [-0.2, -0.15) is 0 Å². The van der Waals surface area contributed by atoms with E-state index in [1.807, 2.05) is 0 Å². The van der Waals surface area contributed by atoms with E-state index in [4.69, 9.17) is 0 Å². The number of rotatable bonds is 4. The van der Waals surface area contributed by atoms with Gasteiger partial charge in [-0.15, -0.1) is 0 Å². The largest absolute Gasteiger partial charge is 0.306 e. The Morgan fingerprint density at radius 3 is 2.05 bits per heavy atom. The summed E-state index contributed by atoms with van der Waals surface area (Å²) in [6.07, 6.45) is 0. The average Bonchev–Trinajstić information content (AvgIpc) is 2.38. The molecule has 1 nitrogen and oxygen atoms in total. The average molecular weight is 253 g/mol. The van der Waals surface area contributed by atoms with Gasteiger partial charge in [0.1, 0.15) is 0 Å². The summed E-state index contributed by atoms with van der Waals surface area (Å²) < 4.78 is 0. The Morgan fingerprint density at radius 2 is 1.47 bits per heavy atom. The van der Waals surface area contributed by atoms with E-state index < -0.39 is 0 Å². The molecule has 0 aromatic heterocycles. The number of aryl methyl sites for hydroxylation is 3. The molecule has 100 valence electrons. The molecule has 0 aliphatic heterocycles. The highest BCUT2D eigenvalue weighted by Crippen LogP contribution is 2.17. The van der Waals surface area contributed by atoms with Crippen LogP contribution in [0.1, 0.15) is 40.8 Å². The second kappa shape index (κ2) is 6.03. The first-order valence-electron chi connectivity index (χ1n) is 6.93. The number of benzene rings is 2. The lowest BCUT2D eigenvalue weighted by atomic mass is 10.0. The van der Waals surface area contributed by atoms with Crippen LogP contribution in [0.15, 0.2) is 42.5 Å². The van der Waals surface area contributed by atoms with Gasteiger partial charge in [-0.05, 0) is 49.9 Å². The Morgan fingerprint density at radius 1 is 0.895 bits per heavy atom. The summed E-state index contributed by atoms with van der Waals surface area (Å²) in [5.41, 5.74) is 6.80. The SMILES string of the molecule is Cc1ccc([C@H](C)NCc2c(C)cccc2C)cc1. The van der Waals surface area contributed by atoms with E-state index >= 15 is 0 Å². The highest BCUT2D eigenvalue weighted by molar-refractivity contribution is 5.33. The molecule has 0 fully saturated rings. The van der Waals surface area contributed by atoms with Crippen LogP contribution in [-0.2, 0) is 6.54 Å². The second-order valence-electron chi connectivity index (χ2n) is 5.38. The molecule has 0 heterocycles. The monoisotopic (exact) mass is 253 g/mol. The van der Waals surface area contributed by atoms with E-state index in [-0.39, 0.29) is 0 Å². The first-order valence-corrected chi connectivity index (χ1v) is 6.93. The summed E-state index contributed by atoms with van der Waals surface area (Å²) in [4.78, 5) is 0. The summed E-state index contributed by atoms with van der Waals surface area (Å²) in [6.45, 7) is 9.63. The molecule has 2 aromatic rings. The zero-order chi connectivity index (χ0) is 13.8. The first-order chi connectivity index (χ1) is 9.08. The topological polar surface area (TPSA) is 12.0 Å². The quantitative estimate of drug-likeness (QED) is 0.848. The van der Waals surface area contributed by atoms with Gasteiger partial charge in [-0.3, -0.25) is 0 Å². The van der Waals surface area contributed by atoms with Crippen molar-refractivity contribution in [3.63, 3.8) is 0 Å². The van der Waals surface area contributed by atoms with Crippen molar-refractivity contribution < 1.29 is 0 Å². The fourth-order valence-corrected chi connectivity index (χ4v) is 2.36. The van der Waals surface area contributed by atoms with Gasteiger partial charge in [-0.25, -0.2) is 0 Å². The maximum Gasteiger partial charge on any atom is 0.0294 e. The molecule has 0 saturated heterocycles. The van der Waals surface area contributed by atoms with Gasteiger partial charge in [-0.1, -0.05) is 48.0 Å². The molecular formula is C18H23N. The smallest absolute Gasteiger partial charge is 0.0294 e. The predicted octanol–water partition coefficient (Wildman–Crippen LogP) is 4.46. The zero-order valence-electron chi connectivity index (χ0n) is 12.3. The van der Waals surface area contributed by atoms with Crippen molar-refractivity contribution in [1.82, 2.24) is 5.32 Å². The van der Waals surface area contributed by atoms with Crippen molar-refractivity contribution in [2.24, 2.45) is 0 Å². The van der Waals surface area contributed by atoms with Crippen molar-refractivity contribution in [2.45, 2.75) is 40.3 Å². The molecule has 0 spiro atoms. The first kappa shape index (κ1) is 13.8. The highest BCUT2D eigenvalue weighted by Gasteiger charge is 2.07. The molecule has 2 aromatic carbocycles. The van der Waals surface area contributed by atoms with E-state index in [9.17, 15) is 0 Å². The van der Waals surface area contributed by atoms with Crippen molar-refractivity contribution in [3.8, 4) is 0 Å². The summed E-state index contributed by atoms with van der Waals surface area (Å²) in [5, 5.41) is 3.62. The zero-order valence-corrected chi connectivity index (χ0v) is 12.3. The standard InChI is InChI=1S/C18H23N/c1-13-8-10-17(11-9-13)16(4)19-12-18-14(2)6-5-7-15(18)3/h5-11,16,19H,12H2,1-4H3/t16-/m0/s1. The summed E-state index contributed by atoms with van der Waals surface area (Å²) >= 11 is 0. The van der Waals surface area contributed by atoms with Crippen LogP contribution >= 0.6 is 0 Å². The van der Waals surface area contributed by atoms with Gasteiger partial charge < -0.3 is 5.32 Å². The van der Waals surface area contributed by atoms with Gasteiger partial charge >= 0.3 is 0 Å². The van der Waals surface area contributed by atoms with Crippen LogP contribution in [0.3, 0.4) is 0 Å². The minimum absolute atomic E-state index is 0.375. The maximum absolute atomic E-state index is 3.62. The van der Waals surface area contributed by atoms with E-state index in [0.717, 1.165) is 6.54 Å². The lowest BCUT2D eigenvalue weighted by Crippen LogP contribution is -2.19. The van der Waals surface area contributed by atoms with E-state index in [1.165, 1.54) is 27.8 Å². The number of nitrogens with one attached hydrogen (secondary N) is 1. The van der Waals surface area contributed by atoms with Gasteiger partial charge in [0, 0.05) is 12.6 Å². The second-order valence-corrected chi connectivity index (χ2v) is 5.38. The molecule has 0 amide bonds. The normalized spacial score (nSPS) is 12.4. The van der Waals surface area contributed by atoms with Crippen molar-refractivity contribution in [1.29, 1.82) is 0 Å². The maximum atomic E-state index is 3.62. The fourth-order valence-electron chi connectivity index (χ4n) is 2.36. The molecule has 0 unspecified atom stereocenters. The molecule has 0 saturated carbocycles. The molecular weight excluding hydrogens is 230 g/mol. The molecule has 0 radical (unpaired) electrons. The van der Waals surface area contributed by atoms with Crippen LogP contribution in [0, 0.1) is 20.8 Å². The Labute approximate surface area is 116 Å². The third-order valence-corrected chi connectivity index (χ3v) is 3.81. The van der Waals surface area contributed by atoms with E-state index in [0.29, 0.717) is 6.04 Å². The Balaban J connectivity index is 2.04.